The molecule has 1 rings (SSSR count). The summed E-state index contributed by atoms with van der Waals surface area (Å²) < 4.78 is 9.08. The Hall–Kier alpha value is -1.06. The predicted octanol–water partition coefficient (Wildman–Crippen LogP) is 4.48. The van der Waals surface area contributed by atoms with E-state index in [9.17, 15) is 4.79 Å². The number of aryl methyl sites for hydroxylation is 1. The van der Waals surface area contributed by atoms with Gasteiger partial charge in [-0.25, -0.2) is 4.79 Å². The van der Waals surface area contributed by atoms with Gasteiger partial charge in [-0.2, -0.15) is 0 Å². The molecule has 0 amide bonds. The maximum atomic E-state index is 10.6. The molecule has 0 saturated carbocycles. The van der Waals surface area contributed by atoms with Crippen LogP contribution in [0.1, 0.15) is 83.4 Å². The average molecular weight is 269 g/mol. The lowest BCUT2D eigenvalue weighted by molar-refractivity contribution is 0.334. The summed E-state index contributed by atoms with van der Waals surface area (Å²) >= 11 is 0. The van der Waals surface area contributed by atoms with E-state index in [4.69, 9.17) is 4.42 Å². The fourth-order valence-electron chi connectivity index (χ4n) is 2.26. The lowest BCUT2D eigenvalue weighted by atomic mass is 10.1. The summed E-state index contributed by atoms with van der Waals surface area (Å²) in [6, 6.07) is 0. The molecule has 0 aliphatic heterocycles. The first-order valence-electron chi connectivity index (χ1n) is 7.78. The molecule has 0 saturated heterocycles. The summed E-state index contributed by atoms with van der Waals surface area (Å²) in [6.07, 6.45) is 15.1. The van der Waals surface area contributed by atoms with Gasteiger partial charge >= 0.3 is 5.82 Å². The third-order valence-corrected chi connectivity index (χ3v) is 3.42. The summed E-state index contributed by atoms with van der Waals surface area (Å²) in [7, 11) is 0. The fourth-order valence-corrected chi connectivity index (χ4v) is 2.26. The van der Waals surface area contributed by atoms with Crippen molar-refractivity contribution in [1.82, 2.24) is 5.16 Å². The number of aromatic nitrogens is 1. The van der Waals surface area contributed by atoms with Crippen LogP contribution in [0.25, 0.3) is 0 Å². The Morgan fingerprint density at radius 1 is 0.842 bits per heavy atom. The molecule has 0 unspecified atom stereocenters. The van der Waals surface area contributed by atoms with E-state index in [-0.39, 0.29) is 0 Å². The molecular weight excluding hydrogens is 242 g/mol. The quantitative estimate of drug-likeness (QED) is 0.525. The van der Waals surface area contributed by atoms with Crippen molar-refractivity contribution in [3.05, 3.63) is 16.5 Å². The Labute approximate surface area is 115 Å². The van der Waals surface area contributed by atoms with Crippen molar-refractivity contribution in [2.75, 3.05) is 0 Å². The van der Waals surface area contributed by atoms with Gasteiger partial charge in [-0.15, -0.1) is 0 Å². The molecule has 0 bridgehead atoms. The van der Waals surface area contributed by atoms with Gasteiger partial charge in [-0.1, -0.05) is 71.1 Å². The van der Waals surface area contributed by atoms with Gasteiger partial charge in [0, 0.05) is 6.42 Å². The minimum absolute atomic E-state index is 0.431. The molecule has 1 heterocycles. The van der Waals surface area contributed by atoms with Crippen LogP contribution in [0.5, 0.6) is 0 Å². The number of nitrogens with zero attached hydrogens (tertiary/aromatic N) is 1. The van der Waals surface area contributed by atoms with Crippen molar-refractivity contribution in [2.24, 2.45) is 0 Å². The molecule has 1 aromatic rings. The third kappa shape index (κ3) is 8.62. The van der Waals surface area contributed by atoms with Gasteiger partial charge in [0.2, 0.25) is 5.89 Å². The van der Waals surface area contributed by atoms with Crippen LogP contribution in [0.15, 0.2) is 13.7 Å². The van der Waals surface area contributed by atoms with Gasteiger partial charge in [0.25, 0.3) is 0 Å². The SMILES string of the molecule is CCCCCCCCCCCCCc1noc(=O)o1. The van der Waals surface area contributed by atoms with E-state index < -0.39 is 5.82 Å². The smallest absolute Gasteiger partial charge is 0.375 e. The normalized spacial score (nSPS) is 11.0. The number of hydrogen-bond donors (Lipinski definition) is 0. The molecule has 4 nitrogen and oxygen atoms in total. The third-order valence-electron chi connectivity index (χ3n) is 3.42. The van der Waals surface area contributed by atoms with Crippen LogP contribution in [0.4, 0.5) is 0 Å². The standard InChI is InChI=1S/C15H27NO3/c1-2-3-4-5-6-7-8-9-10-11-12-13-14-16-19-15(17)18-14/h2-13H2,1H3. The van der Waals surface area contributed by atoms with Crippen LogP contribution in [-0.2, 0) is 6.42 Å². The highest BCUT2D eigenvalue weighted by Gasteiger charge is 2.02. The monoisotopic (exact) mass is 269 g/mol. The van der Waals surface area contributed by atoms with Gasteiger partial charge < -0.3 is 4.42 Å². The minimum Gasteiger partial charge on any atom is -0.375 e. The van der Waals surface area contributed by atoms with Gasteiger partial charge in [0.05, 0.1) is 0 Å². The Kier molecular flexibility index (Phi) is 9.11. The molecule has 0 aliphatic rings. The molecule has 0 fully saturated rings. The Morgan fingerprint density at radius 2 is 1.37 bits per heavy atom. The van der Waals surface area contributed by atoms with E-state index in [0.29, 0.717) is 12.3 Å². The summed E-state index contributed by atoms with van der Waals surface area (Å²) in [6.45, 7) is 2.25. The fraction of sp³-hybridized carbons (Fsp3) is 0.867. The van der Waals surface area contributed by atoms with Gasteiger partial charge in [-0.05, 0) is 11.6 Å². The zero-order chi connectivity index (χ0) is 13.8. The Bertz CT molecular complexity index is 356. The van der Waals surface area contributed by atoms with Crippen molar-refractivity contribution in [1.29, 1.82) is 0 Å². The van der Waals surface area contributed by atoms with E-state index in [0.717, 1.165) is 6.42 Å². The van der Waals surface area contributed by atoms with Gasteiger partial charge in [0.1, 0.15) is 0 Å². The van der Waals surface area contributed by atoms with Crippen molar-refractivity contribution in [3.8, 4) is 0 Å². The predicted molar refractivity (Wildman–Crippen MR) is 75.2 cm³/mol. The van der Waals surface area contributed by atoms with Gasteiger partial charge in [0.15, 0.2) is 0 Å². The van der Waals surface area contributed by atoms with E-state index in [1.54, 1.807) is 0 Å². The number of unbranched alkanes of at least 4 members (excludes halogenated alkanes) is 10. The molecule has 4 heteroatoms. The molecule has 0 spiro atoms. The first-order chi connectivity index (χ1) is 9.33. The second kappa shape index (κ2) is 10.8. The van der Waals surface area contributed by atoms with Crippen molar-refractivity contribution in [3.63, 3.8) is 0 Å². The lowest BCUT2D eigenvalue weighted by Crippen LogP contribution is -1.88. The summed E-state index contributed by atoms with van der Waals surface area (Å²) in [5.41, 5.74) is 0. The largest absolute Gasteiger partial charge is 0.542 e. The van der Waals surface area contributed by atoms with E-state index in [2.05, 4.69) is 16.6 Å². The molecule has 0 radical (unpaired) electrons. The Balaban J connectivity index is 1.80. The first kappa shape index (κ1) is 16.0. The highest BCUT2D eigenvalue weighted by Crippen LogP contribution is 2.12. The van der Waals surface area contributed by atoms with Crippen LogP contribution in [0.3, 0.4) is 0 Å². The van der Waals surface area contributed by atoms with E-state index in [1.165, 1.54) is 64.2 Å². The van der Waals surface area contributed by atoms with Crippen LogP contribution >= 0.6 is 0 Å². The zero-order valence-corrected chi connectivity index (χ0v) is 12.2. The molecule has 110 valence electrons. The summed E-state index contributed by atoms with van der Waals surface area (Å²) in [5, 5.41) is 3.54. The first-order valence-corrected chi connectivity index (χ1v) is 7.78. The second-order valence-electron chi connectivity index (χ2n) is 5.21. The van der Waals surface area contributed by atoms with Crippen LogP contribution < -0.4 is 5.82 Å². The summed E-state index contributed by atoms with van der Waals surface area (Å²) in [4.78, 5) is 10.6. The Morgan fingerprint density at radius 3 is 1.84 bits per heavy atom. The molecule has 0 N–H and O–H groups in total. The van der Waals surface area contributed by atoms with Crippen LogP contribution in [0, 0.1) is 0 Å². The average Bonchev–Trinajstić information content (AvgIpc) is 2.82. The van der Waals surface area contributed by atoms with Crippen LogP contribution in [0.2, 0.25) is 0 Å². The second-order valence-corrected chi connectivity index (χ2v) is 5.21. The van der Waals surface area contributed by atoms with Crippen LogP contribution in [-0.4, -0.2) is 5.16 Å². The van der Waals surface area contributed by atoms with Crippen molar-refractivity contribution in [2.45, 2.75) is 84.0 Å². The molecule has 0 aliphatic carbocycles. The van der Waals surface area contributed by atoms with E-state index in [1.807, 2.05) is 0 Å². The molecule has 19 heavy (non-hydrogen) atoms. The molecule has 0 atom stereocenters. The molecule has 1 aromatic heterocycles. The van der Waals surface area contributed by atoms with Crippen molar-refractivity contribution < 1.29 is 8.94 Å². The minimum atomic E-state index is -0.696. The molecule has 0 aromatic carbocycles. The van der Waals surface area contributed by atoms with E-state index >= 15 is 0 Å². The molecular formula is C15H27NO3. The number of rotatable bonds is 12. The maximum Gasteiger partial charge on any atom is 0.542 e. The maximum absolute atomic E-state index is 10.6. The number of hydrogen-bond acceptors (Lipinski definition) is 4. The van der Waals surface area contributed by atoms with Crippen molar-refractivity contribution >= 4 is 0 Å². The lowest BCUT2D eigenvalue weighted by Gasteiger charge is -2.01. The highest BCUT2D eigenvalue weighted by atomic mass is 16.6. The topological polar surface area (TPSA) is 56.2 Å². The highest BCUT2D eigenvalue weighted by molar-refractivity contribution is 4.70. The van der Waals surface area contributed by atoms with Gasteiger partial charge in [-0.3, -0.25) is 4.52 Å². The zero-order valence-electron chi connectivity index (χ0n) is 12.2. The summed E-state index contributed by atoms with van der Waals surface area (Å²) in [5.74, 6) is -0.265.